The number of rotatable bonds is 4. The fourth-order valence-electron chi connectivity index (χ4n) is 3.12. The number of aromatic hydroxyl groups is 1. The Hall–Kier alpha value is -2.12. The smallest absolute Gasteiger partial charge is 0.294 e. The number of nitrogens with one attached hydrogen (secondary N) is 1. The number of halogens is 2. The minimum absolute atomic E-state index is 0.177. The van der Waals surface area contributed by atoms with Gasteiger partial charge in [-0.3, -0.25) is 19.3 Å². The summed E-state index contributed by atoms with van der Waals surface area (Å²) in [7, 11) is 0. The van der Waals surface area contributed by atoms with Crippen molar-refractivity contribution in [3.8, 4) is 5.75 Å². The van der Waals surface area contributed by atoms with Crippen molar-refractivity contribution in [3.05, 3.63) is 72.2 Å². The number of thioether (sulfide) groups is 1. The average Bonchev–Trinajstić information content (AvgIpc) is 2.99. The molecule has 3 amide bonds. The second-order valence-electron chi connectivity index (χ2n) is 6.68. The second kappa shape index (κ2) is 9.17. The van der Waals surface area contributed by atoms with Gasteiger partial charge in [-0.1, -0.05) is 36.4 Å². The summed E-state index contributed by atoms with van der Waals surface area (Å²) in [6, 6.07) is 16.6. The number of fused-ring (bicyclic) bond motifs is 1. The summed E-state index contributed by atoms with van der Waals surface area (Å²) in [6.45, 7) is -0.365. The third kappa shape index (κ3) is 4.72. The fraction of sp³-hybridized carbons (Fsp3) is 0.0455. The molecule has 0 spiro atoms. The average molecular weight is 656 g/mol. The summed E-state index contributed by atoms with van der Waals surface area (Å²) in [5, 5.41) is 14.1. The van der Waals surface area contributed by atoms with Crippen molar-refractivity contribution in [1.82, 2.24) is 4.90 Å². The molecule has 1 heterocycles. The van der Waals surface area contributed by atoms with Gasteiger partial charge in [0, 0.05) is 11.1 Å². The lowest BCUT2D eigenvalue weighted by molar-refractivity contribution is -0.127. The van der Waals surface area contributed by atoms with Gasteiger partial charge in [0.25, 0.3) is 11.1 Å². The molecule has 0 radical (unpaired) electrons. The molecule has 31 heavy (non-hydrogen) atoms. The maximum atomic E-state index is 12.7. The Labute approximate surface area is 209 Å². The minimum Gasteiger partial charge on any atom is -0.506 e. The largest absolute Gasteiger partial charge is 0.506 e. The Balaban J connectivity index is 1.51. The minimum atomic E-state index is -0.513. The summed E-state index contributed by atoms with van der Waals surface area (Å²) in [6.07, 6.45) is 1.59. The van der Waals surface area contributed by atoms with E-state index >= 15 is 0 Å². The van der Waals surface area contributed by atoms with Gasteiger partial charge in [-0.2, -0.15) is 0 Å². The molecule has 6 nitrogen and oxygen atoms in total. The molecule has 0 aliphatic carbocycles. The van der Waals surface area contributed by atoms with E-state index in [0.717, 1.165) is 27.4 Å². The zero-order valence-electron chi connectivity index (χ0n) is 15.8. The van der Waals surface area contributed by atoms with Crippen molar-refractivity contribution in [2.75, 3.05) is 11.9 Å². The van der Waals surface area contributed by atoms with E-state index in [1.807, 2.05) is 81.6 Å². The third-order valence-electron chi connectivity index (χ3n) is 4.58. The van der Waals surface area contributed by atoms with Crippen LogP contribution in [0.1, 0.15) is 5.56 Å². The SMILES string of the molecule is O=C(CN1C(=O)S/C(=C/c2cc(I)c(O)c(I)c2)C1=O)Nc1cccc2ccccc12. The lowest BCUT2D eigenvalue weighted by Gasteiger charge is -2.13. The molecule has 3 aromatic carbocycles. The molecule has 1 aliphatic rings. The highest BCUT2D eigenvalue weighted by molar-refractivity contribution is 14.1. The normalized spacial score (nSPS) is 15.2. The molecule has 0 bridgehead atoms. The summed E-state index contributed by atoms with van der Waals surface area (Å²) in [5.41, 5.74) is 1.32. The highest BCUT2D eigenvalue weighted by Crippen LogP contribution is 2.34. The molecule has 4 rings (SSSR count). The van der Waals surface area contributed by atoms with Crippen molar-refractivity contribution < 1.29 is 19.5 Å². The topological polar surface area (TPSA) is 86.7 Å². The molecular weight excluding hydrogens is 642 g/mol. The van der Waals surface area contributed by atoms with Gasteiger partial charge >= 0.3 is 0 Å². The van der Waals surface area contributed by atoms with Crippen LogP contribution >= 0.6 is 56.9 Å². The van der Waals surface area contributed by atoms with Crippen molar-refractivity contribution in [3.63, 3.8) is 0 Å². The van der Waals surface area contributed by atoms with Crippen LogP contribution in [-0.4, -0.2) is 33.6 Å². The zero-order chi connectivity index (χ0) is 22.1. The van der Waals surface area contributed by atoms with Crippen molar-refractivity contribution >= 4 is 96.5 Å². The monoisotopic (exact) mass is 656 g/mol. The number of imide groups is 1. The van der Waals surface area contributed by atoms with E-state index in [9.17, 15) is 19.5 Å². The standard InChI is InChI=1S/C22H14I2N2O4S/c23-15-8-12(9-16(24)20(15)28)10-18-21(29)26(22(30)31-18)11-19(27)25-17-7-3-5-13-4-1-2-6-14(13)17/h1-10,28H,11H2,(H,25,27)/b18-10+. The van der Waals surface area contributed by atoms with E-state index in [2.05, 4.69) is 5.32 Å². The van der Waals surface area contributed by atoms with E-state index in [1.54, 1.807) is 24.3 Å². The summed E-state index contributed by atoms with van der Waals surface area (Å²) >= 11 is 4.80. The van der Waals surface area contributed by atoms with Crippen LogP contribution in [0.5, 0.6) is 5.75 Å². The fourth-order valence-corrected chi connectivity index (χ4v) is 5.78. The molecule has 156 valence electrons. The number of phenolic OH excluding ortho intramolecular Hbond substituents is 1. The number of carbonyl (C=O) groups excluding carboxylic acids is 3. The van der Waals surface area contributed by atoms with Crippen molar-refractivity contribution in [2.24, 2.45) is 0 Å². The molecular formula is C22H14I2N2O4S. The predicted molar refractivity (Wildman–Crippen MR) is 139 cm³/mol. The summed E-state index contributed by atoms with van der Waals surface area (Å²) in [4.78, 5) is 38.9. The van der Waals surface area contributed by atoms with Crippen molar-refractivity contribution in [1.29, 1.82) is 0 Å². The number of anilines is 1. The first kappa shape index (κ1) is 22.1. The van der Waals surface area contributed by atoms with E-state index in [-0.39, 0.29) is 17.2 Å². The van der Waals surface area contributed by atoms with Gasteiger partial charge in [-0.15, -0.1) is 0 Å². The first-order chi connectivity index (χ1) is 14.8. The molecule has 3 aromatic rings. The molecule has 0 atom stereocenters. The van der Waals surface area contributed by atoms with Gasteiger partial charge in [0.1, 0.15) is 12.3 Å². The number of nitrogens with zero attached hydrogens (tertiary/aromatic N) is 1. The Morgan fingerprint density at radius 1 is 1.06 bits per heavy atom. The number of hydrogen-bond acceptors (Lipinski definition) is 5. The second-order valence-corrected chi connectivity index (χ2v) is 9.99. The van der Waals surface area contributed by atoms with Gasteiger partial charge in [0.2, 0.25) is 5.91 Å². The molecule has 2 N–H and O–H groups in total. The molecule has 9 heteroatoms. The summed E-state index contributed by atoms with van der Waals surface area (Å²) < 4.78 is 1.29. The Morgan fingerprint density at radius 3 is 2.48 bits per heavy atom. The Morgan fingerprint density at radius 2 is 1.74 bits per heavy atom. The number of carbonyl (C=O) groups is 3. The number of benzene rings is 3. The number of amides is 3. The van der Waals surface area contributed by atoms with Gasteiger partial charge in [-0.05, 0) is 92.2 Å². The van der Waals surface area contributed by atoms with E-state index < -0.39 is 17.1 Å². The van der Waals surface area contributed by atoms with Gasteiger partial charge in [-0.25, -0.2) is 0 Å². The number of phenols is 1. The molecule has 1 fully saturated rings. The molecule has 0 unspecified atom stereocenters. The highest BCUT2D eigenvalue weighted by Gasteiger charge is 2.36. The van der Waals surface area contributed by atoms with Crippen LogP contribution in [0.4, 0.5) is 10.5 Å². The Kier molecular flexibility index (Phi) is 6.53. The molecule has 0 saturated carbocycles. The number of hydrogen-bond donors (Lipinski definition) is 2. The highest BCUT2D eigenvalue weighted by atomic mass is 127. The van der Waals surface area contributed by atoms with Crippen LogP contribution in [0.3, 0.4) is 0 Å². The first-order valence-electron chi connectivity index (χ1n) is 9.04. The van der Waals surface area contributed by atoms with Crippen LogP contribution in [0, 0.1) is 7.14 Å². The first-order valence-corrected chi connectivity index (χ1v) is 12.0. The van der Waals surface area contributed by atoms with Gasteiger partial charge in [0.15, 0.2) is 0 Å². The zero-order valence-corrected chi connectivity index (χ0v) is 20.9. The van der Waals surface area contributed by atoms with Crippen LogP contribution < -0.4 is 5.32 Å². The van der Waals surface area contributed by atoms with Crippen molar-refractivity contribution in [2.45, 2.75) is 0 Å². The van der Waals surface area contributed by atoms with E-state index in [1.165, 1.54) is 0 Å². The summed E-state index contributed by atoms with van der Waals surface area (Å²) in [5.74, 6) is -0.786. The molecule has 1 saturated heterocycles. The predicted octanol–water partition coefficient (Wildman–Crippen LogP) is 5.43. The van der Waals surface area contributed by atoms with Crippen LogP contribution in [0.15, 0.2) is 59.5 Å². The quantitative estimate of drug-likeness (QED) is 0.289. The third-order valence-corrected chi connectivity index (χ3v) is 7.13. The molecule has 0 aromatic heterocycles. The lowest BCUT2D eigenvalue weighted by Crippen LogP contribution is -2.36. The maximum Gasteiger partial charge on any atom is 0.294 e. The van der Waals surface area contributed by atoms with Gasteiger partial charge < -0.3 is 10.4 Å². The van der Waals surface area contributed by atoms with E-state index in [4.69, 9.17) is 0 Å². The Bertz CT molecular complexity index is 1250. The molecule has 1 aliphatic heterocycles. The van der Waals surface area contributed by atoms with E-state index in [0.29, 0.717) is 18.4 Å². The van der Waals surface area contributed by atoms with Crippen LogP contribution in [0.25, 0.3) is 16.8 Å². The van der Waals surface area contributed by atoms with Crippen LogP contribution in [-0.2, 0) is 9.59 Å². The lowest BCUT2D eigenvalue weighted by atomic mass is 10.1. The van der Waals surface area contributed by atoms with Crippen LogP contribution in [0.2, 0.25) is 0 Å². The van der Waals surface area contributed by atoms with Gasteiger partial charge in [0.05, 0.1) is 12.0 Å². The maximum absolute atomic E-state index is 12.7.